The Hall–Kier alpha value is -3.55. The van der Waals surface area contributed by atoms with Gasteiger partial charge in [0.15, 0.2) is 6.29 Å². The number of carbonyl (C=O) groups is 2. The molecule has 0 spiro atoms. The standard InChI is InChI=1S/C41H52B2N3O10PSi/c1-26-33(25-51-58(41(5,6)7,31-19-13-9-14-20-31)32-21-15-10-16-22-32)53-40(35(45-46-44)36(26)56-57(42)43)55-38-34(24-49-28(3)47)54-39(52-29(4)48)27(2)37(38)50-23-30-17-11-8-12-18-30/h8-22,26-27,33-40H,23-25H2,1-7H3/t26-,27?,33?,34?,35?,36+,37+,38-,39?,40-/m1/s1. The number of esters is 2. The summed E-state index contributed by atoms with van der Waals surface area (Å²) in [6, 6.07) is 28.9. The van der Waals surface area contributed by atoms with Crippen LogP contribution in [-0.2, 0) is 53.6 Å². The molecule has 0 amide bonds. The molecule has 0 saturated carbocycles. The summed E-state index contributed by atoms with van der Waals surface area (Å²) in [6.07, 6.45) is -6.77. The molecule has 2 aliphatic rings. The van der Waals surface area contributed by atoms with Crippen molar-refractivity contribution in [2.24, 2.45) is 17.0 Å². The van der Waals surface area contributed by atoms with Crippen molar-refractivity contribution in [1.82, 2.24) is 0 Å². The van der Waals surface area contributed by atoms with Crippen LogP contribution in [0.4, 0.5) is 0 Å². The predicted octanol–water partition coefficient (Wildman–Crippen LogP) is 6.01. The van der Waals surface area contributed by atoms with Crippen LogP contribution in [0.25, 0.3) is 10.4 Å². The van der Waals surface area contributed by atoms with Crippen molar-refractivity contribution in [3.63, 3.8) is 0 Å². The monoisotopic (exact) mass is 827 g/mol. The van der Waals surface area contributed by atoms with Gasteiger partial charge in [-0.1, -0.05) is 139 Å². The van der Waals surface area contributed by atoms with Gasteiger partial charge in [0.1, 0.15) is 40.0 Å². The molecule has 0 aromatic heterocycles. The first kappa shape index (κ1) is 45.5. The number of hydrogen-bond acceptors (Lipinski definition) is 11. The lowest BCUT2D eigenvalue weighted by Crippen LogP contribution is -2.68. The third-order valence-corrected chi connectivity index (χ3v) is 16.1. The number of rotatable bonds is 16. The summed E-state index contributed by atoms with van der Waals surface area (Å²) >= 11 is 0. The van der Waals surface area contributed by atoms with E-state index < -0.39 is 89.1 Å². The maximum atomic E-state index is 12.2. The lowest BCUT2D eigenvalue weighted by atomic mass is 9.89. The Balaban J connectivity index is 1.56. The zero-order chi connectivity index (χ0) is 42.0. The van der Waals surface area contributed by atoms with E-state index in [9.17, 15) is 15.1 Å². The first-order chi connectivity index (χ1) is 27.7. The molecule has 2 aliphatic heterocycles. The molecule has 0 bridgehead atoms. The van der Waals surface area contributed by atoms with Crippen molar-refractivity contribution in [3.05, 3.63) is 107 Å². The first-order valence-electron chi connectivity index (χ1n) is 19.3. The van der Waals surface area contributed by atoms with Crippen LogP contribution in [-0.4, -0.2) is 97.7 Å². The highest BCUT2D eigenvalue weighted by Crippen LogP contribution is 2.42. The fourth-order valence-electron chi connectivity index (χ4n) is 7.81. The third-order valence-electron chi connectivity index (χ3n) is 10.6. The highest BCUT2D eigenvalue weighted by Gasteiger charge is 2.54. The number of nitrogens with zero attached hydrogens (tertiary/aromatic N) is 3. The normalized spacial score (nSPS) is 27.7. The fourth-order valence-corrected chi connectivity index (χ4v) is 13.0. The van der Waals surface area contributed by atoms with Crippen LogP contribution in [0.2, 0.25) is 5.04 Å². The van der Waals surface area contributed by atoms with Gasteiger partial charge < -0.3 is 37.4 Å². The average molecular weight is 828 g/mol. The van der Waals surface area contributed by atoms with Gasteiger partial charge in [0.05, 0.1) is 31.5 Å². The number of hydrogen-bond donors (Lipinski definition) is 0. The number of benzene rings is 3. The Kier molecular flexibility index (Phi) is 16.2. The van der Waals surface area contributed by atoms with Crippen LogP contribution in [0.3, 0.4) is 0 Å². The van der Waals surface area contributed by atoms with Crippen LogP contribution in [0, 0.1) is 11.8 Å². The lowest BCUT2D eigenvalue weighted by Gasteiger charge is -2.50. The maximum Gasteiger partial charge on any atom is 0.304 e. The molecular formula is C41H52B2N3O10PSi. The Morgan fingerprint density at radius 2 is 1.36 bits per heavy atom. The minimum Gasteiger partial charge on any atom is -0.463 e. The zero-order valence-electron chi connectivity index (χ0n) is 34.1. The quantitative estimate of drug-likeness (QED) is 0.0419. The number of ether oxygens (including phenoxy) is 6. The molecule has 3 aromatic carbocycles. The van der Waals surface area contributed by atoms with E-state index >= 15 is 0 Å². The van der Waals surface area contributed by atoms with Crippen LogP contribution in [0.15, 0.2) is 96.1 Å². The van der Waals surface area contributed by atoms with Gasteiger partial charge in [-0.3, -0.25) is 9.59 Å². The average Bonchev–Trinajstić information content (AvgIpc) is 3.18. The van der Waals surface area contributed by atoms with Crippen LogP contribution < -0.4 is 10.4 Å². The number of carbonyl (C=O) groups excluding carboxylic acids is 2. The Morgan fingerprint density at radius 3 is 1.88 bits per heavy atom. The van der Waals surface area contributed by atoms with Gasteiger partial charge in [-0.15, -0.1) is 0 Å². The second-order valence-corrected chi connectivity index (χ2v) is 20.9. The second-order valence-electron chi connectivity index (χ2n) is 15.7. The summed E-state index contributed by atoms with van der Waals surface area (Å²) in [6.45, 7) is 12.8. The van der Waals surface area contributed by atoms with Gasteiger partial charge in [-0.2, -0.15) is 0 Å². The van der Waals surface area contributed by atoms with Gasteiger partial charge in [-0.25, -0.2) is 0 Å². The molecule has 306 valence electrons. The van der Waals surface area contributed by atoms with E-state index in [0.29, 0.717) is 0 Å². The van der Waals surface area contributed by atoms with E-state index in [-0.39, 0.29) is 24.9 Å². The summed E-state index contributed by atoms with van der Waals surface area (Å²) in [4.78, 5) is 27.5. The van der Waals surface area contributed by atoms with E-state index in [4.69, 9.17) is 52.5 Å². The highest BCUT2D eigenvalue weighted by molar-refractivity contribution is 7.97. The molecule has 3 aromatic rings. The molecule has 0 N–H and O–H groups in total. The summed E-state index contributed by atoms with van der Waals surface area (Å²) in [5, 5.41) is 5.95. The molecule has 13 nitrogen and oxygen atoms in total. The van der Waals surface area contributed by atoms with Crippen molar-refractivity contribution in [1.29, 1.82) is 0 Å². The van der Waals surface area contributed by atoms with Gasteiger partial charge in [0.2, 0.25) is 6.29 Å². The summed E-state index contributed by atoms with van der Waals surface area (Å²) in [5.41, 5.74) is 10.8. The lowest BCUT2D eigenvalue weighted by molar-refractivity contribution is -0.332. The van der Waals surface area contributed by atoms with Crippen molar-refractivity contribution in [3.8, 4) is 0 Å². The first-order valence-corrected chi connectivity index (χ1v) is 22.6. The third kappa shape index (κ3) is 11.0. The largest absolute Gasteiger partial charge is 0.463 e. The Labute approximate surface area is 346 Å². The molecule has 4 radical (unpaired) electrons. The number of azide groups is 1. The van der Waals surface area contributed by atoms with Crippen molar-refractivity contribution in [2.75, 3.05) is 13.2 Å². The molecular weight excluding hydrogens is 775 g/mol. The Morgan fingerprint density at radius 1 is 0.793 bits per heavy atom. The van der Waals surface area contributed by atoms with Crippen LogP contribution in [0.5, 0.6) is 0 Å². The van der Waals surface area contributed by atoms with Crippen molar-refractivity contribution in [2.45, 2.75) is 109 Å². The minimum atomic E-state index is -3.05. The molecule has 17 heteroatoms. The molecule has 5 unspecified atom stereocenters. The Bertz CT molecular complexity index is 1790. The predicted molar refractivity (Wildman–Crippen MR) is 224 cm³/mol. The zero-order valence-corrected chi connectivity index (χ0v) is 36.0. The van der Waals surface area contributed by atoms with Gasteiger partial charge >= 0.3 is 11.9 Å². The van der Waals surface area contributed by atoms with E-state index in [1.54, 1.807) is 6.92 Å². The summed E-state index contributed by atoms with van der Waals surface area (Å²) in [7, 11) is 7.22. The highest BCUT2D eigenvalue weighted by atomic mass is 31.1. The van der Waals surface area contributed by atoms with Gasteiger partial charge in [-0.05, 0) is 26.5 Å². The van der Waals surface area contributed by atoms with Crippen LogP contribution >= 0.6 is 7.91 Å². The second kappa shape index (κ2) is 20.6. The van der Waals surface area contributed by atoms with E-state index in [1.807, 2.05) is 73.7 Å². The van der Waals surface area contributed by atoms with Crippen molar-refractivity contribution < 1.29 is 47.0 Å². The minimum absolute atomic E-state index is 0.0983. The van der Waals surface area contributed by atoms with Crippen LogP contribution in [0.1, 0.15) is 54.0 Å². The van der Waals surface area contributed by atoms with E-state index in [1.165, 1.54) is 13.8 Å². The topological polar surface area (TPSA) is 157 Å². The summed E-state index contributed by atoms with van der Waals surface area (Å²) in [5.74, 6) is -2.17. The molecule has 58 heavy (non-hydrogen) atoms. The van der Waals surface area contributed by atoms with Gasteiger partial charge in [0, 0.05) is 30.6 Å². The molecule has 10 atom stereocenters. The fraction of sp³-hybridized carbons (Fsp3) is 0.512. The molecule has 0 aliphatic carbocycles. The van der Waals surface area contributed by atoms with Gasteiger partial charge in [0.25, 0.3) is 8.32 Å². The smallest absolute Gasteiger partial charge is 0.304 e. The van der Waals surface area contributed by atoms with Crippen molar-refractivity contribution >= 4 is 53.7 Å². The SMILES string of the molecule is [B]P([B])O[C@@H]1C(N=[N+]=[N-])[C@@H](O[C@@H]2C(COC(C)=O)OC(OC(C)=O)C(C)[C@@H]2OCc2ccccc2)OC(CO[Si](c2ccccc2)(c2ccccc2)C(C)(C)C)[C@H]1C. The van der Waals surface area contributed by atoms with E-state index in [0.717, 1.165) is 15.9 Å². The molecule has 2 saturated heterocycles. The summed E-state index contributed by atoms with van der Waals surface area (Å²) < 4.78 is 51.0. The molecule has 2 heterocycles. The van der Waals surface area contributed by atoms with E-state index in [2.05, 4.69) is 55.1 Å². The maximum absolute atomic E-state index is 12.2. The molecule has 2 fully saturated rings. The molecule has 5 rings (SSSR count).